The Hall–Kier alpha value is -2.59. The molecule has 3 heterocycles. The third kappa shape index (κ3) is 5.56. The fraction of sp³-hybridized carbons (Fsp3) is 0.500. The van der Waals surface area contributed by atoms with E-state index in [0.29, 0.717) is 18.8 Å². The molecule has 1 aliphatic heterocycles. The van der Waals surface area contributed by atoms with Gasteiger partial charge in [0.25, 0.3) is 0 Å². The Kier molecular flexibility index (Phi) is 8.30. The van der Waals surface area contributed by atoms with Crippen molar-refractivity contribution < 1.29 is 19.3 Å². The van der Waals surface area contributed by atoms with Crippen LogP contribution in [0.15, 0.2) is 36.2 Å². The van der Waals surface area contributed by atoms with E-state index < -0.39 is 6.10 Å². The highest BCUT2D eigenvalue weighted by atomic mass is 16.7. The number of aromatic nitrogens is 3. The quantitative estimate of drug-likeness (QED) is 0.193. The van der Waals surface area contributed by atoms with Crippen LogP contribution in [0.4, 0.5) is 5.82 Å². The summed E-state index contributed by atoms with van der Waals surface area (Å²) in [7, 11) is 3.82. The van der Waals surface area contributed by atoms with E-state index in [2.05, 4.69) is 34.5 Å². The Morgan fingerprint density at radius 3 is 2.97 bits per heavy atom. The maximum absolute atomic E-state index is 9.77. The fourth-order valence-electron chi connectivity index (χ4n) is 3.43. The molecule has 168 valence electrons. The van der Waals surface area contributed by atoms with Crippen LogP contribution in [0.25, 0.3) is 17.1 Å². The summed E-state index contributed by atoms with van der Waals surface area (Å²) in [6, 6.07) is 0. The summed E-state index contributed by atoms with van der Waals surface area (Å²) in [5.41, 5.74) is 1.69. The van der Waals surface area contributed by atoms with Crippen LogP contribution in [-0.4, -0.2) is 77.2 Å². The maximum Gasteiger partial charge on any atom is 0.166 e. The summed E-state index contributed by atoms with van der Waals surface area (Å²) >= 11 is 0. The first-order chi connectivity index (χ1) is 15.1. The minimum absolute atomic E-state index is 0.117. The highest BCUT2D eigenvalue weighted by Gasteiger charge is 2.37. The van der Waals surface area contributed by atoms with Crippen LogP contribution in [-0.2, 0) is 14.2 Å². The second-order valence-electron chi connectivity index (χ2n) is 7.44. The first-order valence-corrected chi connectivity index (χ1v) is 10.4. The van der Waals surface area contributed by atoms with Crippen molar-refractivity contribution in [2.24, 2.45) is 4.99 Å². The molecule has 9 nitrogen and oxygen atoms in total. The lowest BCUT2D eigenvalue weighted by molar-refractivity contribution is -0.113. The molecule has 0 amide bonds. The van der Waals surface area contributed by atoms with Gasteiger partial charge in [0.2, 0.25) is 0 Å². The Bertz CT molecular complexity index is 924. The summed E-state index contributed by atoms with van der Waals surface area (Å²) in [4.78, 5) is 15.3. The van der Waals surface area contributed by atoms with Crippen LogP contribution in [0, 0.1) is 0 Å². The zero-order valence-electron chi connectivity index (χ0n) is 18.3. The number of aliphatic hydroxyl groups is 1. The number of aliphatic hydroxyl groups excluding tert-OH is 1. The lowest BCUT2D eigenvalue weighted by atomic mass is 10.2. The monoisotopic (exact) mass is 429 g/mol. The van der Waals surface area contributed by atoms with E-state index in [1.165, 1.54) is 6.33 Å². The summed E-state index contributed by atoms with van der Waals surface area (Å²) < 4.78 is 19.2. The highest BCUT2D eigenvalue weighted by Crippen LogP contribution is 2.36. The molecule has 0 saturated carbocycles. The van der Waals surface area contributed by atoms with Crippen molar-refractivity contribution in [3.05, 3.63) is 36.8 Å². The van der Waals surface area contributed by atoms with Crippen molar-refractivity contribution in [2.45, 2.75) is 38.2 Å². The number of nitrogens with zero attached hydrogens (tertiary/aromatic N) is 5. The van der Waals surface area contributed by atoms with E-state index >= 15 is 0 Å². The number of hydrogen-bond acceptors (Lipinski definition) is 7. The van der Waals surface area contributed by atoms with Gasteiger partial charge in [-0.2, -0.15) is 0 Å². The van der Waals surface area contributed by atoms with Crippen molar-refractivity contribution in [3.8, 4) is 0 Å². The third-order valence-corrected chi connectivity index (χ3v) is 4.83. The Labute approximate surface area is 182 Å². The van der Waals surface area contributed by atoms with E-state index in [-0.39, 0.29) is 25.7 Å². The standard InChI is InChI=1S/C22H31N5O4/c1-5-7-8-16-11-27(22-20(16)21(23-13-24-22)25-14-26(3)4)19-10-17(18(12-28)31-19)30-15-29-9-6-2/h6-8,11,13-14,17-19,28H,2,5,9-10,12,15H2,1,3-4H3/b8-7+,25-14+/t17-,18?,19?/m1/s1. The lowest BCUT2D eigenvalue weighted by Gasteiger charge is -2.16. The average Bonchev–Trinajstić information content (AvgIpc) is 3.35. The molecule has 1 N–H and O–H groups in total. The van der Waals surface area contributed by atoms with Crippen molar-refractivity contribution in [2.75, 3.05) is 34.1 Å². The van der Waals surface area contributed by atoms with Gasteiger partial charge in [-0.1, -0.05) is 25.2 Å². The molecule has 1 fully saturated rings. The average molecular weight is 430 g/mol. The van der Waals surface area contributed by atoms with Crippen LogP contribution in [0.3, 0.4) is 0 Å². The van der Waals surface area contributed by atoms with Crippen molar-refractivity contribution in [1.82, 2.24) is 19.4 Å². The number of fused-ring (bicyclic) bond motifs is 1. The molecule has 1 aliphatic rings. The predicted octanol–water partition coefficient (Wildman–Crippen LogP) is 2.90. The van der Waals surface area contributed by atoms with Gasteiger partial charge in [0.15, 0.2) is 5.82 Å². The Morgan fingerprint density at radius 1 is 1.42 bits per heavy atom. The van der Waals surface area contributed by atoms with Gasteiger partial charge < -0.3 is 28.8 Å². The van der Waals surface area contributed by atoms with E-state index in [1.54, 1.807) is 12.4 Å². The predicted molar refractivity (Wildman–Crippen MR) is 120 cm³/mol. The van der Waals surface area contributed by atoms with E-state index in [4.69, 9.17) is 14.2 Å². The smallest absolute Gasteiger partial charge is 0.166 e. The van der Waals surface area contributed by atoms with Crippen LogP contribution in [0.1, 0.15) is 31.6 Å². The second-order valence-corrected chi connectivity index (χ2v) is 7.44. The molecule has 0 spiro atoms. The minimum Gasteiger partial charge on any atom is -0.394 e. The number of hydrogen-bond donors (Lipinski definition) is 1. The third-order valence-electron chi connectivity index (χ3n) is 4.83. The van der Waals surface area contributed by atoms with Crippen LogP contribution in [0.5, 0.6) is 0 Å². The number of rotatable bonds is 11. The fourth-order valence-corrected chi connectivity index (χ4v) is 3.43. The Morgan fingerprint density at radius 2 is 2.26 bits per heavy atom. The molecular formula is C22H31N5O4. The topological polar surface area (TPSA) is 94.2 Å². The molecule has 0 aromatic carbocycles. The van der Waals surface area contributed by atoms with Crippen LogP contribution >= 0.6 is 0 Å². The number of ether oxygens (including phenoxy) is 3. The van der Waals surface area contributed by atoms with Gasteiger partial charge >= 0.3 is 0 Å². The van der Waals surface area contributed by atoms with E-state index in [9.17, 15) is 5.11 Å². The summed E-state index contributed by atoms with van der Waals surface area (Å²) in [5.74, 6) is 0.593. The van der Waals surface area contributed by atoms with Gasteiger partial charge in [-0.15, -0.1) is 6.58 Å². The van der Waals surface area contributed by atoms with Gasteiger partial charge in [0, 0.05) is 32.3 Å². The molecule has 0 bridgehead atoms. The van der Waals surface area contributed by atoms with Gasteiger partial charge in [-0.05, 0) is 6.42 Å². The molecule has 2 aromatic heterocycles. The normalized spacial score (nSPS) is 21.6. The number of allylic oxidation sites excluding steroid dienone is 1. The summed E-state index contributed by atoms with van der Waals surface area (Å²) in [6.07, 6.45) is 11.4. The molecule has 2 unspecified atom stereocenters. The molecule has 0 aliphatic carbocycles. The lowest BCUT2D eigenvalue weighted by Crippen LogP contribution is -2.28. The van der Waals surface area contributed by atoms with Gasteiger partial charge in [0.05, 0.1) is 31.0 Å². The van der Waals surface area contributed by atoms with E-state index in [0.717, 1.165) is 23.0 Å². The van der Waals surface area contributed by atoms with Crippen molar-refractivity contribution in [3.63, 3.8) is 0 Å². The highest BCUT2D eigenvalue weighted by molar-refractivity contribution is 5.95. The molecule has 3 atom stereocenters. The molecule has 31 heavy (non-hydrogen) atoms. The van der Waals surface area contributed by atoms with Gasteiger partial charge in [-0.3, -0.25) is 0 Å². The number of aliphatic imine (C=N–C) groups is 1. The molecule has 9 heteroatoms. The summed E-state index contributed by atoms with van der Waals surface area (Å²) in [6.45, 7) is 6.08. The van der Waals surface area contributed by atoms with E-state index in [1.807, 2.05) is 35.8 Å². The SMILES string of the molecule is C=CCOCO[C@@H]1CC(n2cc(/C=C/CC)c3c(/N=C/N(C)C)ncnc32)OC1CO. The van der Waals surface area contributed by atoms with Gasteiger partial charge in [0.1, 0.15) is 31.1 Å². The van der Waals surface area contributed by atoms with Crippen LogP contribution in [0.2, 0.25) is 0 Å². The first kappa shape index (κ1) is 23.1. The molecule has 2 aromatic rings. The maximum atomic E-state index is 9.77. The zero-order chi connectivity index (χ0) is 22.2. The Balaban J connectivity index is 1.93. The van der Waals surface area contributed by atoms with Crippen molar-refractivity contribution in [1.29, 1.82) is 0 Å². The summed E-state index contributed by atoms with van der Waals surface area (Å²) in [5, 5.41) is 10.6. The van der Waals surface area contributed by atoms with Gasteiger partial charge in [-0.25, -0.2) is 15.0 Å². The van der Waals surface area contributed by atoms with Crippen molar-refractivity contribution >= 4 is 29.3 Å². The zero-order valence-corrected chi connectivity index (χ0v) is 18.3. The molecule has 3 rings (SSSR count). The first-order valence-electron chi connectivity index (χ1n) is 10.4. The molecule has 1 saturated heterocycles. The molecule has 0 radical (unpaired) electrons. The minimum atomic E-state index is -0.447. The largest absolute Gasteiger partial charge is 0.394 e. The second kappa shape index (κ2) is 11.1. The molecular weight excluding hydrogens is 398 g/mol. The van der Waals surface area contributed by atoms with Crippen LogP contribution < -0.4 is 0 Å².